The van der Waals surface area contributed by atoms with E-state index in [1.807, 2.05) is 0 Å². The van der Waals surface area contributed by atoms with Crippen molar-refractivity contribution >= 4 is 0 Å². The first-order valence-corrected chi connectivity index (χ1v) is 5.72. The van der Waals surface area contributed by atoms with Gasteiger partial charge in [0.25, 0.3) is 0 Å². The molecule has 0 aromatic carbocycles. The van der Waals surface area contributed by atoms with Crippen LogP contribution in [-0.4, -0.2) is 30.1 Å². The SMILES string of the molecule is CC(CN1CCCCC1)C1(N)CC1. The molecule has 13 heavy (non-hydrogen) atoms. The van der Waals surface area contributed by atoms with Crippen LogP contribution >= 0.6 is 0 Å². The number of rotatable bonds is 3. The highest BCUT2D eigenvalue weighted by Crippen LogP contribution is 2.39. The van der Waals surface area contributed by atoms with Crippen LogP contribution in [0.15, 0.2) is 0 Å². The molecule has 2 nitrogen and oxygen atoms in total. The number of hydrogen-bond acceptors (Lipinski definition) is 2. The Balaban J connectivity index is 1.76. The number of hydrogen-bond donors (Lipinski definition) is 1. The summed E-state index contributed by atoms with van der Waals surface area (Å²) in [5, 5.41) is 0. The minimum atomic E-state index is 0.220. The van der Waals surface area contributed by atoms with E-state index in [-0.39, 0.29) is 5.54 Å². The van der Waals surface area contributed by atoms with Gasteiger partial charge < -0.3 is 10.6 Å². The molecule has 2 N–H and O–H groups in total. The fourth-order valence-electron chi connectivity index (χ4n) is 2.35. The lowest BCUT2D eigenvalue weighted by molar-refractivity contribution is 0.185. The zero-order valence-electron chi connectivity index (χ0n) is 8.76. The molecule has 0 spiro atoms. The van der Waals surface area contributed by atoms with Crippen LogP contribution in [0, 0.1) is 5.92 Å². The third kappa shape index (κ3) is 2.23. The van der Waals surface area contributed by atoms with Gasteiger partial charge in [-0.3, -0.25) is 0 Å². The summed E-state index contributed by atoms with van der Waals surface area (Å²) in [7, 11) is 0. The smallest absolute Gasteiger partial charge is 0.0193 e. The lowest BCUT2D eigenvalue weighted by atomic mass is 9.98. The van der Waals surface area contributed by atoms with Gasteiger partial charge in [-0.25, -0.2) is 0 Å². The molecule has 1 unspecified atom stereocenters. The van der Waals surface area contributed by atoms with E-state index in [1.54, 1.807) is 0 Å². The minimum absolute atomic E-state index is 0.220. The molecule has 1 saturated heterocycles. The van der Waals surface area contributed by atoms with Crippen molar-refractivity contribution < 1.29 is 0 Å². The Kier molecular flexibility index (Phi) is 2.61. The van der Waals surface area contributed by atoms with Crippen LogP contribution in [0.4, 0.5) is 0 Å². The van der Waals surface area contributed by atoms with Crippen molar-refractivity contribution in [2.45, 2.75) is 44.6 Å². The summed E-state index contributed by atoms with van der Waals surface area (Å²) in [6.45, 7) is 6.17. The van der Waals surface area contributed by atoms with Crippen molar-refractivity contribution in [3.8, 4) is 0 Å². The molecule has 1 aliphatic heterocycles. The Labute approximate surface area is 81.5 Å². The van der Waals surface area contributed by atoms with Crippen LogP contribution < -0.4 is 5.73 Å². The third-order valence-electron chi connectivity index (χ3n) is 3.79. The Morgan fingerprint density at radius 3 is 2.38 bits per heavy atom. The van der Waals surface area contributed by atoms with Crippen molar-refractivity contribution in [2.75, 3.05) is 19.6 Å². The maximum atomic E-state index is 6.18. The van der Waals surface area contributed by atoms with Crippen molar-refractivity contribution in [1.82, 2.24) is 4.90 Å². The first-order chi connectivity index (χ1) is 6.21. The van der Waals surface area contributed by atoms with Gasteiger partial charge in [0.2, 0.25) is 0 Å². The monoisotopic (exact) mass is 182 g/mol. The second-order valence-corrected chi connectivity index (χ2v) is 5.00. The topological polar surface area (TPSA) is 29.3 Å². The number of nitrogens with zero attached hydrogens (tertiary/aromatic N) is 1. The van der Waals surface area contributed by atoms with Crippen molar-refractivity contribution in [3.05, 3.63) is 0 Å². The summed E-state index contributed by atoms with van der Waals surface area (Å²) in [4.78, 5) is 2.60. The molecular formula is C11H22N2. The molecule has 1 saturated carbocycles. The summed E-state index contributed by atoms with van der Waals surface area (Å²) in [5.74, 6) is 0.700. The molecule has 2 fully saturated rings. The highest BCUT2D eigenvalue weighted by molar-refractivity contribution is 5.03. The molecular weight excluding hydrogens is 160 g/mol. The van der Waals surface area contributed by atoms with E-state index < -0.39 is 0 Å². The third-order valence-corrected chi connectivity index (χ3v) is 3.79. The molecule has 1 heterocycles. The fourth-order valence-corrected chi connectivity index (χ4v) is 2.35. The van der Waals surface area contributed by atoms with Crippen LogP contribution in [0.5, 0.6) is 0 Å². The van der Waals surface area contributed by atoms with Gasteiger partial charge in [-0.15, -0.1) is 0 Å². The fraction of sp³-hybridized carbons (Fsp3) is 1.00. The summed E-state index contributed by atoms with van der Waals surface area (Å²) < 4.78 is 0. The van der Waals surface area contributed by atoms with Gasteiger partial charge in [0.15, 0.2) is 0 Å². The molecule has 2 aliphatic rings. The van der Waals surface area contributed by atoms with Gasteiger partial charge in [0.05, 0.1) is 0 Å². The molecule has 0 bridgehead atoms. The van der Waals surface area contributed by atoms with Crippen LogP contribution in [0.25, 0.3) is 0 Å². The van der Waals surface area contributed by atoms with E-state index in [9.17, 15) is 0 Å². The number of piperidine rings is 1. The summed E-state index contributed by atoms with van der Waals surface area (Å²) in [6.07, 6.45) is 6.72. The predicted molar refractivity (Wildman–Crippen MR) is 55.6 cm³/mol. The largest absolute Gasteiger partial charge is 0.325 e. The quantitative estimate of drug-likeness (QED) is 0.718. The summed E-state index contributed by atoms with van der Waals surface area (Å²) in [5.41, 5.74) is 6.40. The van der Waals surface area contributed by atoms with Crippen molar-refractivity contribution in [2.24, 2.45) is 11.7 Å². The minimum Gasteiger partial charge on any atom is -0.325 e. The molecule has 1 aliphatic carbocycles. The Hall–Kier alpha value is -0.0800. The normalized spacial score (nSPS) is 30.0. The Morgan fingerprint density at radius 2 is 1.85 bits per heavy atom. The Morgan fingerprint density at radius 1 is 1.23 bits per heavy atom. The number of nitrogens with two attached hydrogens (primary N) is 1. The van der Waals surface area contributed by atoms with Crippen LogP contribution in [0.3, 0.4) is 0 Å². The lowest BCUT2D eigenvalue weighted by Crippen LogP contribution is -2.41. The molecule has 0 amide bonds. The average molecular weight is 182 g/mol. The summed E-state index contributed by atoms with van der Waals surface area (Å²) in [6, 6.07) is 0. The van der Waals surface area contributed by atoms with Crippen LogP contribution in [0.2, 0.25) is 0 Å². The summed E-state index contributed by atoms with van der Waals surface area (Å²) >= 11 is 0. The van der Waals surface area contributed by atoms with Crippen LogP contribution in [-0.2, 0) is 0 Å². The van der Waals surface area contributed by atoms with Gasteiger partial charge in [0, 0.05) is 12.1 Å². The van der Waals surface area contributed by atoms with E-state index in [0.717, 1.165) is 0 Å². The first kappa shape index (κ1) is 9.47. The maximum Gasteiger partial charge on any atom is 0.0193 e. The van der Waals surface area contributed by atoms with E-state index in [2.05, 4.69) is 11.8 Å². The molecule has 2 heteroatoms. The van der Waals surface area contributed by atoms with Crippen molar-refractivity contribution in [3.63, 3.8) is 0 Å². The molecule has 2 rings (SSSR count). The van der Waals surface area contributed by atoms with E-state index >= 15 is 0 Å². The Bertz CT molecular complexity index is 169. The second kappa shape index (κ2) is 3.58. The number of likely N-dealkylation sites (tertiary alicyclic amines) is 1. The van der Waals surface area contributed by atoms with Gasteiger partial charge >= 0.3 is 0 Å². The standard InChI is InChI=1S/C11H22N2/c1-10(11(12)5-6-11)9-13-7-3-2-4-8-13/h10H,2-9,12H2,1H3. The first-order valence-electron chi connectivity index (χ1n) is 5.72. The maximum absolute atomic E-state index is 6.18. The zero-order chi connectivity index (χ0) is 9.31. The average Bonchev–Trinajstić information content (AvgIpc) is 2.87. The molecule has 76 valence electrons. The molecule has 0 radical (unpaired) electrons. The van der Waals surface area contributed by atoms with Gasteiger partial charge in [-0.1, -0.05) is 13.3 Å². The highest BCUT2D eigenvalue weighted by Gasteiger charge is 2.43. The van der Waals surface area contributed by atoms with Crippen LogP contribution in [0.1, 0.15) is 39.0 Å². The van der Waals surface area contributed by atoms with E-state index in [4.69, 9.17) is 5.73 Å². The highest BCUT2D eigenvalue weighted by atomic mass is 15.1. The van der Waals surface area contributed by atoms with E-state index in [0.29, 0.717) is 5.92 Å². The molecule has 1 atom stereocenters. The lowest BCUT2D eigenvalue weighted by Gasteiger charge is -2.31. The van der Waals surface area contributed by atoms with Gasteiger partial charge in [-0.2, -0.15) is 0 Å². The molecule has 0 aromatic heterocycles. The van der Waals surface area contributed by atoms with Gasteiger partial charge in [0.1, 0.15) is 0 Å². The predicted octanol–water partition coefficient (Wildman–Crippen LogP) is 1.60. The van der Waals surface area contributed by atoms with Crippen molar-refractivity contribution in [1.29, 1.82) is 0 Å². The van der Waals surface area contributed by atoms with E-state index in [1.165, 1.54) is 51.7 Å². The zero-order valence-corrected chi connectivity index (χ0v) is 8.76. The second-order valence-electron chi connectivity index (χ2n) is 5.00. The molecule has 0 aromatic rings. The van der Waals surface area contributed by atoms with Gasteiger partial charge in [-0.05, 0) is 44.7 Å².